The van der Waals surface area contributed by atoms with E-state index in [1.807, 2.05) is 0 Å². The first-order chi connectivity index (χ1) is 5.58. The summed E-state index contributed by atoms with van der Waals surface area (Å²) in [7, 11) is -0.889. The van der Waals surface area contributed by atoms with Crippen LogP contribution in [0.25, 0.3) is 0 Å². The smallest absolute Gasteiger partial charge is 0.450 e. The Labute approximate surface area is 66.2 Å². The molecule has 0 atom stereocenters. The maximum Gasteiger partial charge on any atom is 0.536 e. The zero-order valence-corrected chi connectivity index (χ0v) is 5.78. The second-order valence-electron chi connectivity index (χ2n) is 1.76. The van der Waals surface area contributed by atoms with Crippen LogP contribution in [0.15, 0.2) is 18.7 Å². The lowest BCUT2D eigenvalue weighted by Gasteiger charge is -2.07. The van der Waals surface area contributed by atoms with Gasteiger partial charge in [0.15, 0.2) is 0 Å². The molecule has 1 aromatic rings. The van der Waals surface area contributed by atoms with Crippen LogP contribution in [0.4, 0.5) is 13.2 Å². The summed E-state index contributed by atoms with van der Waals surface area (Å²) in [6, 6.07) is 0. The number of imidazole rings is 1. The predicted molar refractivity (Wildman–Crippen MR) is 33.1 cm³/mol. The average Bonchev–Trinajstić information content (AvgIpc) is 2.36. The van der Waals surface area contributed by atoms with Crippen molar-refractivity contribution in [2.24, 2.45) is 0 Å². The number of rotatable bonds is 3. The summed E-state index contributed by atoms with van der Waals surface area (Å²) in [5.74, 6) is 0. The molecular weight excluding hydrogens is 176 g/mol. The topological polar surface area (TPSA) is 36.3 Å². The van der Waals surface area contributed by atoms with Crippen LogP contribution < -0.4 is 4.76 Å². The van der Waals surface area contributed by atoms with Gasteiger partial charge >= 0.3 is 14.0 Å². The van der Waals surface area contributed by atoms with Crippen LogP contribution in [0.1, 0.15) is 0 Å². The van der Waals surface area contributed by atoms with Gasteiger partial charge in [0.25, 0.3) is 0 Å². The van der Waals surface area contributed by atoms with Crippen LogP contribution in [-0.4, -0.2) is 23.8 Å². The minimum absolute atomic E-state index is 0.889. The molecular formula is C4H4BF3N2O2. The number of nitrogens with zero attached hydrogens (tertiary/aromatic N) is 2. The highest BCUT2D eigenvalue weighted by atomic mass is 19.4. The summed E-state index contributed by atoms with van der Waals surface area (Å²) in [5.41, 5.74) is 0. The summed E-state index contributed by atoms with van der Waals surface area (Å²) in [5, 5.41) is 0. The Morgan fingerprint density at radius 1 is 1.42 bits per heavy atom. The van der Waals surface area contributed by atoms with Crippen molar-refractivity contribution in [2.75, 3.05) is 0 Å². The first-order valence-electron chi connectivity index (χ1n) is 2.90. The largest absolute Gasteiger partial charge is 0.536 e. The monoisotopic (exact) mass is 180 g/mol. The number of halogens is 3. The van der Waals surface area contributed by atoms with Crippen LogP contribution in [0.2, 0.25) is 0 Å². The molecule has 4 nitrogen and oxygen atoms in total. The van der Waals surface area contributed by atoms with Gasteiger partial charge in [-0.1, -0.05) is 0 Å². The molecule has 0 aliphatic rings. The third-order valence-electron chi connectivity index (χ3n) is 0.904. The van der Waals surface area contributed by atoms with E-state index in [-0.39, 0.29) is 0 Å². The van der Waals surface area contributed by atoms with Crippen LogP contribution in [0.5, 0.6) is 0 Å². The third-order valence-corrected chi connectivity index (χ3v) is 0.904. The number of hydrogen-bond acceptors (Lipinski definition) is 3. The summed E-state index contributed by atoms with van der Waals surface area (Å²) >= 11 is 0. The highest BCUT2D eigenvalue weighted by molar-refractivity contribution is 6.18. The fraction of sp³-hybridized carbons (Fsp3) is 0.250. The van der Waals surface area contributed by atoms with E-state index in [4.69, 9.17) is 0 Å². The Bertz CT molecular complexity index is 225. The van der Waals surface area contributed by atoms with E-state index in [0.717, 1.165) is 4.73 Å². The Kier molecular flexibility index (Phi) is 2.59. The molecule has 0 fully saturated rings. The molecule has 1 rings (SSSR count). The van der Waals surface area contributed by atoms with E-state index < -0.39 is 14.0 Å². The zero-order chi connectivity index (χ0) is 9.03. The molecule has 0 unspecified atom stereocenters. The average molecular weight is 180 g/mol. The van der Waals surface area contributed by atoms with Gasteiger partial charge in [0.2, 0.25) is 0 Å². The molecule has 0 aliphatic heterocycles. The van der Waals surface area contributed by atoms with Crippen LogP contribution >= 0.6 is 0 Å². The van der Waals surface area contributed by atoms with Crippen molar-refractivity contribution in [2.45, 2.75) is 6.36 Å². The molecule has 0 aromatic carbocycles. The Hall–Kier alpha value is -1.18. The normalized spacial score (nSPS) is 11.2. The Morgan fingerprint density at radius 3 is 2.67 bits per heavy atom. The quantitative estimate of drug-likeness (QED) is 0.619. The third kappa shape index (κ3) is 3.29. The zero-order valence-electron chi connectivity index (χ0n) is 5.78. The van der Waals surface area contributed by atoms with E-state index in [1.165, 1.54) is 18.7 Å². The predicted octanol–water partition coefficient (Wildman–Crippen LogP) is 0.115. The van der Waals surface area contributed by atoms with Gasteiger partial charge in [0, 0.05) is 6.20 Å². The van der Waals surface area contributed by atoms with Gasteiger partial charge in [0.05, 0.1) is 6.20 Å². The molecule has 0 N–H and O–H groups in total. The molecule has 8 heteroatoms. The van der Waals surface area contributed by atoms with Crippen molar-refractivity contribution in [1.29, 1.82) is 0 Å². The summed E-state index contributed by atoms with van der Waals surface area (Å²) in [6.45, 7) is 0. The van der Waals surface area contributed by atoms with Crippen molar-refractivity contribution in [3.05, 3.63) is 18.7 Å². The van der Waals surface area contributed by atoms with Gasteiger partial charge < -0.3 is 9.41 Å². The van der Waals surface area contributed by atoms with Crippen molar-refractivity contribution >= 4 is 7.69 Å². The lowest BCUT2D eigenvalue weighted by molar-refractivity contribution is -0.280. The first-order valence-corrected chi connectivity index (χ1v) is 2.90. The van der Waals surface area contributed by atoms with Crippen molar-refractivity contribution in [1.82, 2.24) is 9.71 Å². The SMILES string of the molecule is FC(F)(F)OBOn1ccnc1. The molecule has 0 amide bonds. The van der Waals surface area contributed by atoms with Crippen LogP contribution in [-0.2, 0) is 4.65 Å². The van der Waals surface area contributed by atoms with Gasteiger partial charge in [-0.3, -0.25) is 0 Å². The van der Waals surface area contributed by atoms with Gasteiger partial charge in [-0.2, -0.15) is 4.73 Å². The van der Waals surface area contributed by atoms with E-state index in [0.29, 0.717) is 0 Å². The maximum absolute atomic E-state index is 11.4. The molecule has 0 saturated carbocycles. The van der Waals surface area contributed by atoms with Crippen LogP contribution in [0, 0.1) is 0 Å². The summed E-state index contributed by atoms with van der Waals surface area (Å²) < 4.78 is 42.8. The van der Waals surface area contributed by atoms with E-state index in [9.17, 15) is 13.2 Å². The van der Waals surface area contributed by atoms with Gasteiger partial charge in [-0.05, 0) is 0 Å². The fourth-order valence-electron chi connectivity index (χ4n) is 0.477. The van der Waals surface area contributed by atoms with E-state index >= 15 is 0 Å². The molecule has 0 spiro atoms. The molecule has 0 saturated heterocycles. The second kappa shape index (κ2) is 3.48. The number of aromatic nitrogens is 2. The molecule has 0 aliphatic carbocycles. The Morgan fingerprint density at radius 2 is 2.17 bits per heavy atom. The molecule has 1 aromatic heterocycles. The van der Waals surface area contributed by atoms with Gasteiger partial charge in [0.1, 0.15) is 6.33 Å². The standard InChI is InChI=1S/C4H4BF3N2O2/c6-4(7,8)11-5-12-10-2-1-9-3-10/h1-3,5H. The highest BCUT2D eigenvalue weighted by Crippen LogP contribution is 2.14. The first kappa shape index (κ1) is 8.92. The minimum Gasteiger partial charge on any atom is -0.450 e. The molecule has 1 heterocycles. The van der Waals surface area contributed by atoms with Crippen molar-refractivity contribution < 1.29 is 22.6 Å². The lowest BCUT2D eigenvalue weighted by Crippen LogP contribution is -2.24. The summed E-state index contributed by atoms with van der Waals surface area (Å²) in [4.78, 5) is 3.54. The van der Waals surface area contributed by atoms with Crippen LogP contribution in [0.3, 0.4) is 0 Å². The molecule has 12 heavy (non-hydrogen) atoms. The maximum atomic E-state index is 11.4. The number of alkyl halides is 3. The van der Waals surface area contributed by atoms with Gasteiger partial charge in [-0.25, -0.2) is 4.98 Å². The van der Waals surface area contributed by atoms with Crippen molar-refractivity contribution in [3.63, 3.8) is 0 Å². The minimum atomic E-state index is -4.67. The second-order valence-corrected chi connectivity index (χ2v) is 1.76. The van der Waals surface area contributed by atoms with E-state index in [2.05, 4.69) is 14.4 Å². The fourth-order valence-corrected chi connectivity index (χ4v) is 0.477. The Balaban J connectivity index is 2.20. The van der Waals surface area contributed by atoms with E-state index in [1.54, 1.807) is 0 Å². The molecule has 66 valence electrons. The summed E-state index contributed by atoms with van der Waals surface area (Å²) in [6.07, 6.45) is -0.742. The highest BCUT2D eigenvalue weighted by Gasteiger charge is 2.29. The van der Waals surface area contributed by atoms with Crippen molar-refractivity contribution in [3.8, 4) is 0 Å². The molecule has 0 radical (unpaired) electrons. The number of hydrogen-bond donors (Lipinski definition) is 0. The van der Waals surface area contributed by atoms with Gasteiger partial charge in [-0.15, -0.1) is 13.2 Å². The molecule has 0 bridgehead atoms. The lowest BCUT2D eigenvalue weighted by atomic mass is 10.4.